The van der Waals surface area contributed by atoms with Crippen LogP contribution in [-0.4, -0.2) is 43.4 Å². The van der Waals surface area contributed by atoms with Crippen LogP contribution in [0.4, 0.5) is 0 Å². The van der Waals surface area contributed by atoms with Crippen LogP contribution >= 0.6 is 0 Å². The van der Waals surface area contributed by atoms with Gasteiger partial charge in [-0.3, -0.25) is 4.79 Å². The van der Waals surface area contributed by atoms with Gasteiger partial charge in [0.1, 0.15) is 5.82 Å². The van der Waals surface area contributed by atoms with Crippen molar-refractivity contribution in [3.05, 3.63) is 43.2 Å². The number of imidazole rings is 1. The van der Waals surface area contributed by atoms with Crippen molar-refractivity contribution in [2.24, 2.45) is 0 Å². The highest BCUT2D eigenvalue weighted by Crippen LogP contribution is 2.23. The Labute approximate surface area is 139 Å². The molecule has 1 aliphatic rings. The monoisotopic (exact) mass is 323 g/mol. The van der Waals surface area contributed by atoms with E-state index in [2.05, 4.69) is 15.0 Å². The standard InChI is InChI=1S/C17H17N5O2/c1-21-13(4-5-15(21)23)11-22-7-6-18-17(22)12-9-19-16(20-10-12)14-3-2-8-24-14/h2-3,6-10,13H,4-5,11H2,1H3/t13-/m0/s1. The fourth-order valence-corrected chi connectivity index (χ4v) is 3.00. The van der Waals surface area contributed by atoms with Gasteiger partial charge in [-0.1, -0.05) is 0 Å². The summed E-state index contributed by atoms with van der Waals surface area (Å²) in [4.78, 5) is 26.6. The van der Waals surface area contributed by atoms with Gasteiger partial charge in [0.15, 0.2) is 11.6 Å². The number of carbonyl (C=O) groups is 1. The molecule has 0 aliphatic carbocycles. The van der Waals surface area contributed by atoms with Crippen LogP contribution in [0.25, 0.3) is 23.0 Å². The number of carbonyl (C=O) groups excluding carboxylic acids is 1. The van der Waals surface area contributed by atoms with Crippen LogP contribution in [-0.2, 0) is 11.3 Å². The Hall–Kier alpha value is -2.96. The molecular weight excluding hydrogens is 306 g/mol. The molecule has 1 saturated heterocycles. The number of rotatable bonds is 4. The van der Waals surface area contributed by atoms with Crippen LogP contribution < -0.4 is 0 Å². The first-order valence-electron chi connectivity index (χ1n) is 7.85. The van der Waals surface area contributed by atoms with Gasteiger partial charge in [-0.2, -0.15) is 0 Å². The normalized spacial score (nSPS) is 17.6. The van der Waals surface area contributed by atoms with Gasteiger partial charge in [-0.15, -0.1) is 0 Å². The molecule has 0 saturated carbocycles. The average molecular weight is 323 g/mol. The van der Waals surface area contributed by atoms with Crippen molar-refractivity contribution in [3.63, 3.8) is 0 Å². The van der Waals surface area contributed by atoms with Gasteiger partial charge in [-0.05, 0) is 18.6 Å². The summed E-state index contributed by atoms with van der Waals surface area (Å²) < 4.78 is 7.35. The molecule has 0 aromatic carbocycles. The maximum atomic E-state index is 11.7. The van der Waals surface area contributed by atoms with Crippen molar-refractivity contribution in [2.45, 2.75) is 25.4 Å². The zero-order valence-electron chi connectivity index (χ0n) is 13.3. The average Bonchev–Trinajstić information content (AvgIpc) is 3.34. The molecule has 7 nitrogen and oxygen atoms in total. The van der Waals surface area contributed by atoms with E-state index in [4.69, 9.17) is 4.42 Å². The van der Waals surface area contributed by atoms with Gasteiger partial charge in [-0.25, -0.2) is 15.0 Å². The van der Waals surface area contributed by atoms with Gasteiger partial charge in [0.05, 0.1) is 11.8 Å². The lowest BCUT2D eigenvalue weighted by Gasteiger charge is -2.21. The largest absolute Gasteiger partial charge is 0.461 e. The number of amides is 1. The predicted molar refractivity (Wildman–Crippen MR) is 86.7 cm³/mol. The highest BCUT2D eigenvalue weighted by atomic mass is 16.3. The van der Waals surface area contributed by atoms with E-state index in [0.717, 1.165) is 24.4 Å². The molecule has 1 fully saturated rings. The van der Waals surface area contributed by atoms with E-state index in [0.29, 0.717) is 18.0 Å². The first kappa shape index (κ1) is 14.6. The topological polar surface area (TPSA) is 77.0 Å². The van der Waals surface area contributed by atoms with Gasteiger partial charge in [0, 0.05) is 50.8 Å². The van der Waals surface area contributed by atoms with Crippen molar-refractivity contribution < 1.29 is 9.21 Å². The molecule has 0 bridgehead atoms. The van der Waals surface area contributed by atoms with Crippen LogP contribution in [0.5, 0.6) is 0 Å². The molecule has 24 heavy (non-hydrogen) atoms. The summed E-state index contributed by atoms with van der Waals surface area (Å²) in [5.41, 5.74) is 0.835. The first-order chi connectivity index (χ1) is 11.7. The smallest absolute Gasteiger partial charge is 0.222 e. The number of furan rings is 1. The Morgan fingerprint density at radius 3 is 2.79 bits per heavy atom. The number of hydrogen-bond donors (Lipinski definition) is 0. The van der Waals surface area contributed by atoms with E-state index >= 15 is 0 Å². The van der Waals surface area contributed by atoms with E-state index in [1.165, 1.54) is 0 Å². The van der Waals surface area contributed by atoms with E-state index in [1.807, 2.05) is 28.8 Å². The second-order valence-corrected chi connectivity index (χ2v) is 5.87. The van der Waals surface area contributed by atoms with E-state index in [-0.39, 0.29) is 11.9 Å². The molecule has 0 spiro atoms. The Kier molecular flexibility index (Phi) is 3.60. The van der Waals surface area contributed by atoms with Gasteiger partial charge < -0.3 is 13.9 Å². The van der Waals surface area contributed by atoms with Gasteiger partial charge in [0.2, 0.25) is 5.91 Å². The van der Waals surface area contributed by atoms with Crippen molar-refractivity contribution in [3.8, 4) is 23.0 Å². The van der Waals surface area contributed by atoms with E-state index < -0.39 is 0 Å². The molecule has 0 unspecified atom stereocenters. The highest BCUT2D eigenvalue weighted by molar-refractivity contribution is 5.78. The summed E-state index contributed by atoms with van der Waals surface area (Å²) in [6.07, 6.45) is 10.3. The van der Waals surface area contributed by atoms with Crippen molar-refractivity contribution in [2.75, 3.05) is 7.05 Å². The minimum absolute atomic E-state index is 0.202. The molecular formula is C17H17N5O2. The number of likely N-dealkylation sites (N-methyl/N-ethyl adjacent to an activating group) is 1. The van der Waals surface area contributed by atoms with E-state index in [9.17, 15) is 4.79 Å². The van der Waals surface area contributed by atoms with Crippen LogP contribution in [0.3, 0.4) is 0 Å². The molecule has 7 heteroatoms. The Balaban J connectivity index is 1.57. The number of likely N-dealkylation sites (tertiary alicyclic amines) is 1. The summed E-state index contributed by atoms with van der Waals surface area (Å²) in [5.74, 6) is 2.18. The Morgan fingerprint density at radius 1 is 1.29 bits per heavy atom. The maximum Gasteiger partial charge on any atom is 0.222 e. The van der Waals surface area contributed by atoms with Crippen LogP contribution in [0, 0.1) is 0 Å². The summed E-state index contributed by atoms with van der Waals surface area (Å²) in [6.45, 7) is 0.720. The molecule has 3 aromatic heterocycles. The minimum atomic E-state index is 0.202. The summed E-state index contributed by atoms with van der Waals surface area (Å²) in [7, 11) is 1.86. The molecule has 122 valence electrons. The molecule has 1 atom stereocenters. The first-order valence-corrected chi connectivity index (χ1v) is 7.85. The molecule has 0 N–H and O–H groups in total. The zero-order chi connectivity index (χ0) is 16.5. The summed E-state index contributed by atoms with van der Waals surface area (Å²) >= 11 is 0. The maximum absolute atomic E-state index is 11.7. The summed E-state index contributed by atoms with van der Waals surface area (Å²) in [5, 5.41) is 0. The van der Waals surface area contributed by atoms with Gasteiger partial charge >= 0.3 is 0 Å². The molecule has 4 heterocycles. The lowest BCUT2D eigenvalue weighted by Crippen LogP contribution is -2.32. The minimum Gasteiger partial charge on any atom is -0.461 e. The highest BCUT2D eigenvalue weighted by Gasteiger charge is 2.28. The molecule has 3 aromatic rings. The van der Waals surface area contributed by atoms with Gasteiger partial charge in [0.25, 0.3) is 0 Å². The second-order valence-electron chi connectivity index (χ2n) is 5.87. The van der Waals surface area contributed by atoms with Crippen molar-refractivity contribution in [1.82, 2.24) is 24.4 Å². The number of hydrogen-bond acceptors (Lipinski definition) is 5. The lowest BCUT2D eigenvalue weighted by atomic mass is 10.2. The zero-order valence-corrected chi connectivity index (χ0v) is 13.3. The number of nitrogens with zero attached hydrogens (tertiary/aromatic N) is 5. The van der Waals surface area contributed by atoms with Crippen molar-refractivity contribution >= 4 is 5.91 Å². The Bertz CT molecular complexity index is 838. The third kappa shape index (κ3) is 2.58. The fourth-order valence-electron chi connectivity index (χ4n) is 3.00. The summed E-state index contributed by atoms with van der Waals surface area (Å²) in [6, 6.07) is 3.83. The number of aromatic nitrogens is 4. The fraction of sp³-hybridized carbons (Fsp3) is 0.294. The predicted octanol–water partition coefficient (Wildman–Crippen LogP) is 2.22. The third-order valence-corrected chi connectivity index (χ3v) is 4.41. The molecule has 1 aliphatic heterocycles. The van der Waals surface area contributed by atoms with E-state index in [1.54, 1.807) is 30.9 Å². The van der Waals surface area contributed by atoms with Crippen LogP contribution in [0.1, 0.15) is 12.8 Å². The quantitative estimate of drug-likeness (QED) is 0.736. The second kappa shape index (κ2) is 5.92. The third-order valence-electron chi connectivity index (χ3n) is 4.41. The molecule has 0 radical (unpaired) electrons. The molecule has 1 amide bonds. The van der Waals surface area contributed by atoms with Crippen LogP contribution in [0.15, 0.2) is 47.6 Å². The van der Waals surface area contributed by atoms with Crippen LogP contribution in [0.2, 0.25) is 0 Å². The SMILES string of the molecule is CN1C(=O)CC[C@H]1Cn1ccnc1-c1cnc(-c2ccco2)nc1. The van der Waals surface area contributed by atoms with Crippen molar-refractivity contribution in [1.29, 1.82) is 0 Å². The molecule has 4 rings (SSSR count). The lowest BCUT2D eigenvalue weighted by molar-refractivity contribution is -0.127. The Morgan fingerprint density at radius 2 is 2.12 bits per heavy atom.